The number of furan rings is 1. The van der Waals surface area contributed by atoms with E-state index < -0.39 is 5.60 Å². The number of carbonyl (C=O) groups is 1. The fraction of sp³-hybridized carbons (Fsp3) is 0.345. The maximum atomic E-state index is 12.3. The van der Waals surface area contributed by atoms with Crippen molar-refractivity contribution in [1.82, 2.24) is 9.80 Å². The van der Waals surface area contributed by atoms with Crippen molar-refractivity contribution in [2.75, 3.05) is 39.8 Å². The number of ether oxygens (including phenoxy) is 2. The van der Waals surface area contributed by atoms with Crippen LogP contribution in [-0.4, -0.2) is 66.4 Å². The van der Waals surface area contributed by atoms with Gasteiger partial charge in [-0.1, -0.05) is 30.4 Å². The lowest BCUT2D eigenvalue weighted by Crippen LogP contribution is -2.49. The Labute approximate surface area is 221 Å². The van der Waals surface area contributed by atoms with Crippen molar-refractivity contribution in [2.45, 2.75) is 26.4 Å². The zero-order valence-corrected chi connectivity index (χ0v) is 22.1. The molecule has 0 saturated carbocycles. The van der Waals surface area contributed by atoms with Crippen molar-refractivity contribution in [2.24, 2.45) is 10.2 Å². The molecule has 5 rings (SSSR count). The van der Waals surface area contributed by atoms with Gasteiger partial charge in [-0.2, -0.15) is 0 Å². The van der Waals surface area contributed by atoms with Gasteiger partial charge >= 0.3 is 6.09 Å². The normalized spacial score (nSPS) is 17.1. The molecule has 2 aliphatic rings. The number of methoxy groups -OCH3 is 1. The third kappa shape index (κ3) is 5.28. The fourth-order valence-corrected chi connectivity index (χ4v) is 4.53. The molecule has 0 spiro atoms. The maximum Gasteiger partial charge on any atom is 0.410 e. The summed E-state index contributed by atoms with van der Waals surface area (Å²) in [6.07, 6.45) is 5.43. The number of hydrogen-bond donors (Lipinski definition) is 1. The molecular formula is C29H32N4O5. The lowest BCUT2D eigenvalue weighted by Gasteiger charge is -2.35. The Morgan fingerprint density at radius 2 is 1.87 bits per heavy atom. The first-order valence-electron chi connectivity index (χ1n) is 12.7. The van der Waals surface area contributed by atoms with Gasteiger partial charge in [0.15, 0.2) is 11.5 Å². The Balaban J connectivity index is 1.32. The summed E-state index contributed by atoms with van der Waals surface area (Å²) in [4.78, 5) is 16.3. The maximum absolute atomic E-state index is 12.3. The molecule has 0 unspecified atom stereocenters. The molecule has 0 atom stereocenters. The summed E-state index contributed by atoms with van der Waals surface area (Å²) in [5.74, 6) is 0.997. The van der Waals surface area contributed by atoms with E-state index in [4.69, 9.17) is 13.9 Å². The van der Waals surface area contributed by atoms with Gasteiger partial charge in [0.2, 0.25) is 0 Å². The number of nitrogens with zero attached hydrogens (tertiary/aromatic N) is 4. The summed E-state index contributed by atoms with van der Waals surface area (Å²) >= 11 is 0. The van der Waals surface area contributed by atoms with E-state index in [9.17, 15) is 9.90 Å². The van der Waals surface area contributed by atoms with Crippen molar-refractivity contribution in [3.05, 3.63) is 59.4 Å². The minimum atomic E-state index is -0.501. The highest BCUT2D eigenvalue weighted by Gasteiger charge is 2.25. The highest BCUT2D eigenvalue weighted by molar-refractivity contribution is 5.97. The molecule has 1 fully saturated rings. The van der Waals surface area contributed by atoms with E-state index >= 15 is 0 Å². The predicted octanol–water partition coefficient (Wildman–Crippen LogP) is 6.31. The van der Waals surface area contributed by atoms with Crippen LogP contribution in [0.25, 0.3) is 28.8 Å². The second kappa shape index (κ2) is 10.3. The number of piperazine rings is 1. The van der Waals surface area contributed by atoms with Crippen LogP contribution >= 0.6 is 0 Å². The molecule has 1 amide bonds. The first-order valence-corrected chi connectivity index (χ1v) is 12.7. The molecule has 9 nitrogen and oxygen atoms in total. The molecule has 9 heteroatoms. The van der Waals surface area contributed by atoms with E-state index in [1.807, 2.05) is 63.3 Å². The molecule has 0 radical (unpaired) electrons. The van der Waals surface area contributed by atoms with E-state index in [0.717, 1.165) is 29.9 Å². The number of rotatable bonds is 5. The van der Waals surface area contributed by atoms with Crippen LogP contribution in [-0.2, 0) is 4.74 Å². The van der Waals surface area contributed by atoms with Crippen LogP contribution in [0, 0.1) is 0 Å². The van der Waals surface area contributed by atoms with Crippen molar-refractivity contribution < 1.29 is 23.8 Å². The molecule has 3 aromatic rings. The van der Waals surface area contributed by atoms with Crippen molar-refractivity contribution in [3.8, 4) is 11.5 Å². The first-order chi connectivity index (χ1) is 18.2. The Bertz CT molecular complexity index is 1440. The van der Waals surface area contributed by atoms with E-state index in [1.54, 1.807) is 24.2 Å². The second-order valence-electron chi connectivity index (χ2n) is 10.3. The fourth-order valence-electron chi connectivity index (χ4n) is 4.53. The van der Waals surface area contributed by atoms with Crippen LogP contribution in [0.15, 0.2) is 57.1 Å². The molecule has 2 aromatic carbocycles. The molecule has 198 valence electrons. The summed E-state index contributed by atoms with van der Waals surface area (Å²) in [5.41, 5.74) is 3.07. The lowest BCUT2D eigenvalue weighted by atomic mass is 10.1. The molecular weight excluding hydrogens is 484 g/mol. The number of carbonyl (C=O) groups excluding carboxylic acids is 1. The Kier molecular flexibility index (Phi) is 6.94. The number of hydrogen-bond acceptors (Lipinski definition) is 8. The third-order valence-corrected chi connectivity index (χ3v) is 6.46. The zero-order valence-electron chi connectivity index (χ0n) is 22.1. The van der Waals surface area contributed by atoms with Gasteiger partial charge in [0.25, 0.3) is 0 Å². The van der Waals surface area contributed by atoms with E-state index in [1.165, 1.54) is 0 Å². The van der Waals surface area contributed by atoms with Crippen molar-refractivity contribution in [3.63, 3.8) is 0 Å². The predicted molar refractivity (Wildman–Crippen MR) is 147 cm³/mol. The van der Waals surface area contributed by atoms with Crippen LogP contribution in [0.4, 0.5) is 10.5 Å². The van der Waals surface area contributed by atoms with Gasteiger partial charge in [0, 0.05) is 44.4 Å². The van der Waals surface area contributed by atoms with Gasteiger partial charge in [-0.15, -0.1) is 10.2 Å². The molecule has 0 bridgehead atoms. The quantitative estimate of drug-likeness (QED) is 0.427. The highest BCUT2D eigenvalue weighted by atomic mass is 16.6. The molecule has 0 aliphatic carbocycles. The zero-order chi connectivity index (χ0) is 26.9. The van der Waals surface area contributed by atoms with Gasteiger partial charge in [-0.05, 0) is 39.0 Å². The van der Waals surface area contributed by atoms with Gasteiger partial charge < -0.3 is 23.9 Å². The molecule has 1 N–H and O–H groups in total. The topological polar surface area (TPSA) is 100 Å². The van der Waals surface area contributed by atoms with Crippen LogP contribution in [0.5, 0.6) is 11.5 Å². The van der Waals surface area contributed by atoms with Crippen molar-refractivity contribution >= 4 is 40.6 Å². The SMILES string of the molecule is COc1ccc2c(O)c(C=C3N=Nc4ccccc43)oc2c1/C=C\CN1CCN(C(=O)OC(C)(C)C)CC1. The van der Waals surface area contributed by atoms with Crippen LogP contribution in [0.1, 0.15) is 37.7 Å². The minimum absolute atomic E-state index is 0.0441. The third-order valence-electron chi connectivity index (χ3n) is 6.46. The Hall–Kier alpha value is -4.11. The average molecular weight is 517 g/mol. The van der Waals surface area contributed by atoms with Crippen molar-refractivity contribution in [1.29, 1.82) is 0 Å². The first kappa shape index (κ1) is 25.5. The van der Waals surface area contributed by atoms with E-state index in [0.29, 0.717) is 47.8 Å². The van der Waals surface area contributed by atoms with E-state index in [2.05, 4.69) is 15.1 Å². The highest BCUT2D eigenvalue weighted by Crippen LogP contribution is 2.42. The van der Waals surface area contributed by atoms with Gasteiger partial charge in [-0.25, -0.2) is 4.79 Å². The monoisotopic (exact) mass is 516 g/mol. The van der Waals surface area contributed by atoms with Gasteiger partial charge in [-0.3, -0.25) is 4.90 Å². The average Bonchev–Trinajstić information content (AvgIpc) is 3.44. The van der Waals surface area contributed by atoms with E-state index in [-0.39, 0.29) is 11.8 Å². The number of aromatic hydroxyl groups is 1. The molecule has 38 heavy (non-hydrogen) atoms. The van der Waals surface area contributed by atoms with Crippen LogP contribution in [0.2, 0.25) is 0 Å². The number of fused-ring (bicyclic) bond motifs is 2. The summed E-state index contributed by atoms with van der Waals surface area (Å²) in [6, 6.07) is 11.3. The summed E-state index contributed by atoms with van der Waals surface area (Å²) in [5, 5.41) is 19.9. The molecule has 3 heterocycles. The number of amides is 1. The lowest BCUT2D eigenvalue weighted by molar-refractivity contribution is 0.0154. The Morgan fingerprint density at radius 3 is 2.61 bits per heavy atom. The van der Waals surface area contributed by atoms with Crippen LogP contribution < -0.4 is 4.74 Å². The Morgan fingerprint density at radius 1 is 1.11 bits per heavy atom. The van der Waals surface area contributed by atoms with Gasteiger partial charge in [0.1, 0.15) is 16.9 Å². The molecule has 1 aromatic heterocycles. The standard InChI is InChI=1S/C29H32N4O5/c1-29(2,3)38-28(35)33-16-14-32(15-17-33)13-7-9-20-24(36-4)12-11-21-26(34)25(37-27(20)21)18-23-19-8-5-6-10-22(19)30-31-23/h5-12,18,34H,13-17H2,1-4H3/b9-7-,23-18?. The summed E-state index contributed by atoms with van der Waals surface area (Å²) in [7, 11) is 1.61. The number of azo groups is 1. The largest absolute Gasteiger partial charge is 0.504 e. The molecule has 1 saturated heterocycles. The smallest absolute Gasteiger partial charge is 0.410 e. The summed E-state index contributed by atoms with van der Waals surface area (Å²) in [6.45, 7) is 9.05. The van der Waals surface area contributed by atoms with Gasteiger partial charge in [0.05, 0.1) is 29.4 Å². The van der Waals surface area contributed by atoms with Crippen LogP contribution in [0.3, 0.4) is 0 Å². The summed E-state index contributed by atoms with van der Waals surface area (Å²) < 4.78 is 17.2. The minimum Gasteiger partial charge on any atom is -0.504 e. The molecule has 2 aliphatic heterocycles. The number of benzene rings is 2. The second-order valence-corrected chi connectivity index (χ2v) is 10.3.